The predicted molar refractivity (Wildman–Crippen MR) is 101 cm³/mol. The molecule has 2 amide bonds. The summed E-state index contributed by atoms with van der Waals surface area (Å²) in [5, 5.41) is 2.75. The minimum Gasteiger partial charge on any atom is -0.378 e. The van der Waals surface area contributed by atoms with Gasteiger partial charge in [-0.25, -0.2) is 0 Å². The third-order valence-corrected chi connectivity index (χ3v) is 5.51. The van der Waals surface area contributed by atoms with Gasteiger partial charge in [0.2, 0.25) is 0 Å². The Bertz CT molecular complexity index is 681. The van der Waals surface area contributed by atoms with Gasteiger partial charge in [-0.2, -0.15) is 0 Å². The van der Waals surface area contributed by atoms with E-state index in [1.54, 1.807) is 4.90 Å². The summed E-state index contributed by atoms with van der Waals surface area (Å²) in [6, 6.07) is 7.68. The van der Waals surface area contributed by atoms with Crippen LogP contribution in [0, 0.1) is 10.8 Å². The van der Waals surface area contributed by atoms with Crippen LogP contribution in [0.1, 0.15) is 40.0 Å². The number of nitrogens with zero attached hydrogens (tertiary/aromatic N) is 2. The van der Waals surface area contributed by atoms with Gasteiger partial charge < -0.3 is 15.1 Å². The highest BCUT2D eigenvalue weighted by atomic mass is 16.2. The topological polar surface area (TPSA) is 52.7 Å². The van der Waals surface area contributed by atoms with Crippen molar-refractivity contribution in [1.29, 1.82) is 0 Å². The molecule has 2 atom stereocenters. The van der Waals surface area contributed by atoms with Crippen molar-refractivity contribution < 1.29 is 9.59 Å². The molecule has 1 heterocycles. The second kappa shape index (κ2) is 6.04. The third kappa shape index (κ3) is 3.65. The number of likely N-dealkylation sites (tertiary alicyclic amines) is 1. The third-order valence-electron chi connectivity index (χ3n) is 5.51. The highest BCUT2D eigenvalue weighted by Crippen LogP contribution is 2.52. The van der Waals surface area contributed by atoms with Crippen molar-refractivity contribution >= 4 is 23.2 Å². The number of benzene rings is 1. The molecule has 1 saturated carbocycles. The molecule has 1 saturated heterocycles. The highest BCUT2D eigenvalue weighted by Gasteiger charge is 2.51. The Morgan fingerprint density at radius 2 is 1.76 bits per heavy atom. The fourth-order valence-electron chi connectivity index (χ4n) is 4.86. The molecule has 0 spiro atoms. The summed E-state index contributed by atoms with van der Waals surface area (Å²) in [4.78, 5) is 29.0. The van der Waals surface area contributed by atoms with Crippen molar-refractivity contribution in [2.24, 2.45) is 10.8 Å². The second-order valence-electron chi connectivity index (χ2n) is 9.04. The van der Waals surface area contributed by atoms with E-state index in [-0.39, 0.29) is 16.9 Å². The minimum atomic E-state index is -0.536. The van der Waals surface area contributed by atoms with Gasteiger partial charge in [0.05, 0.1) is 0 Å². The summed E-state index contributed by atoms with van der Waals surface area (Å²) in [7, 11) is 3.93. The maximum atomic E-state index is 12.7. The smallest absolute Gasteiger partial charge is 0.313 e. The van der Waals surface area contributed by atoms with E-state index < -0.39 is 11.8 Å². The van der Waals surface area contributed by atoms with Gasteiger partial charge in [0.1, 0.15) is 0 Å². The molecule has 1 aromatic carbocycles. The largest absolute Gasteiger partial charge is 0.378 e. The molecule has 136 valence electrons. The molecule has 1 aliphatic carbocycles. The lowest BCUT2D eigenvalue weighted by Crippen LogP contribution is -2.43. The Labute approximate surface area is 150 Å². The fourth-order valence-corrected chi connectivity index (χ4v) is 4.86. The van der Waals surface area contributed by atoms with Crippen LogP contribution in [0.4, 0.5) is 11.4 Å². The van der Waals surface area contributed by atoms with Crippen molar-refractivity contribution in [3.05, 3.63) is 24.3 Å². The molecule has 25 heavy (non-hydrogen) atoms. The Balaban J connectivity index is 1.68. The Morgan fingerprint density at radius 3 is 2.36 bits per heavy atom. The van der Waals surface area contributed by atoms with E-state index >= 15 is 0 Å². The van der Waals surface area contributed by atoms with Gasteiger partial charge in [-0.1, -0.05) is 20.8 Å². The van der Waals surface area contributed by atoms with Gasteiger partial charge in [-0.15, -0.1) is 0 Å². The molecule has 3 rings (SSSR count). The molecule has 2 fully saturated rings. The summed E-state index contributed by atoms with van der Waals surface area (Å²) in [5.41, 5.74) is 2.06. The number of carbonyl (C=O) groups excluding carboxylic acids is 2. The van der Waals surface area contributed by atoms with Crippen LogP contribution in [0.2, 0.25) is 0 Å². The fraction of sp³-hybridized carbons (Fsp3) is 0.600. The van der Waals surface area contributed by atoms with Crippen molar-refractivity contribution in [2.75, 3.05) is 30.9 Å². The molecule has 1 aromatic rings. The van der Waals surface area contributed by atoms with Crippen LogP contribution in [0.3, 0.4) is 0 Å². The Kier molecular flexibility index (Phi) is 4.30. The van der Waals surface area contributed by atoms with Gasteiger partial charge in [0, 0.05) is 38.1 Å². The molecular weight excluding hydrogens is 314 g/mol. The molecule has 5 heteroatoms. The molecular formula is C20H29N3O2. The van der Waals surface area contributed by atoms with Crippen LogP contribution >= 0.6 is 0 Å². The number of hydrogen-bond acceptors (Lipinski definition) is 3. The molecule has 2 bridgehead atoms. The van der Waals surface area contributed by atoms with Crippen molar-refractivity contribution in [1.82, 2.24) is 4.90 Å². The number of anilines is 2. The summed E-state index contributed by atoms with van der Waals surface area (Å²) in [6.45, 7) is 7.45. The quantitative estimate of drug-likeness (QED) is 0.840. The molecule has 2 aliphatic rings. The number of carbonyl (C=O) groups is 2. The lowest BCUT2D eigenvalue weighted by molar-refractivity contribution is -0.144. The number of nitrogens with one attached hydrogen (secondary N) is 1. The maximum absolute atomic E-state index is 12.7. The van der Waals surface area contributed by atoms with E-state index in [2.05, 4.69) is 26.1 Å². The van der Waals surface area contributed by atoms with Gasteiger partial charge in [0.25, 0.3) is 0 Å². The normalized spacial score (nSPS) is 27.1. The molecule has 0 aromatic heterocycles. The summed E-state index contributed by atoms with van der Waals surface area (Å²) < 4.78 is 0. The first kappa shape index (κ1) is 17.8. The number of fused-ring (bicyclic) bond motifs is 2. The van der Waals surface area contributed by atoms with Crippen LogP contribution in [-0.2, 0) is 9.59 Å². The highest BCUT2D eigenvalue weighted by molar-refractivity contribution is 6.39. The monoisotopic (exact) mass is 343 g/mol. The zero-order valence-electron chi connectivity index (χ0n) is 15.9. The van der Waals surface area contributed by atoms with Crippen LogP contribution in [0.25, 0.3) is 0 Å². The SMILES string of the molecule is CN(C)c1ccc(NC(=O)C(=O)N2CC3(C)CC2CC(C)(C)C3)cc1. The maximum Gasteiger partial charge on any atom is 0.313 e. The lowest BCUT2D eigenvalue weighted by Gasteiger charge is -2.39. The first-order valence-electron chi connectivity index (χ1n) is 8.98. The van der Waals surface area contributed by atoms with E-state index in [1.807, 2.05) is 43.3 Å². The van der Waals surface area contributed by atoms with Crippen LogP contribution in [0.15, 0.2) is 24.3 Å². The van der Waals surface area contributed by atoms with Crippen molar-refractivity contribution in [3.63, 3.8) is 0 Å². The molecule has 2 unspecified atom stereocenters. The molecule has 1 aliphatic heterocycles. The average molecular weight is 343 g/mol. The zero-order valence-corrected chi connectivity index (χ0v) is 15.9. The van der Waals surface area contributed by atoms with Crippen LogP contribution in [-0.4, -0.2) is 43.4 Å². The zero-order chi connectivity index (χ0) is 18.4. The van der Waals surface area contributed by atoms with Crippen molar-refractivity contribution in [3.8, 4) is 0 Å². The van der Waals surface area contributed by atoms with E-state index in [4.69, 9.17) is 0 Å². The van der Waals surface area contributed by atoms with Gasteiger partial charge in [-0.05, 0) is 54.4 Å². The van der Waals surface area contributed by atoms with E-state index in [0.29, 0.717) is 12.2 Å². The Morgan fingerprint density at radius 1 is 1.12 bits per heavy atom. The summed E-state index contributed by atoms with van der Waals surface area (Å²) in [5.74, 6) is -0.935. The van der Waals surface area contributed by atoms with E-state index in [0.717, 1.165) is 24.9 Å². The van der Waals surface area contributed by atoms with Crippen molar-refractivity contribution in [2.45, 2.75) is 46.1 Å². The summed E-state index contributed by atoms with van der Waals surface area (Å²) >= 11 is 0. The Hall–Kier alpha value is -2.04. The van der Waals surface area contributed by atoms with Gasteiger partial charge in [-0.3, -0.25) is 9.59 Å². The van der Waals surface area contributed by atoms with E-state index in [9.17, 15) is 9.59 Å². The van der Waals surface area contributed by atoms with E-state index in [1.165, 1.54) is 0 Å². The minimum absolute atomic E-state index is 0.135. The number of amides is 2. The first-order chi connectivity index (χ1) is 11.6. The standard InChI is InChI=1S/C20H29N3O2/c1-19(2)10-16-11-20(3,12-19)13-23(16)18(25)17(24)21-14-6-8-15(9-7-14)22(4)5/h6-9,16H,10-13H2,1-5H3,(H,21,24). The molecule has 1 N–H and O–H groups in total. The van der Waals surface area contributed by atoms with Gasteiger partial charge >= 0.3 is 11.8 Å². The number of rotatable bonds is 2. The molecule has 5 nitrogen and oxygen atoms in total. The second-order valence-corrected chi connectivity index (χ2v) is 9.04. The average Bonchev–Trinajstić information content (AvgIpc) is 2.76. The number of hydrogen-bond donors (Lipinski definition) is 1. The van der Waals surface area contributed by atoms with Crippen LogP contribution in [0.5, 0.6) is 0 Å². The lowest BCUT2D eigenvalue weighted by atomic mass is 9.65. The van der Waals surface area contributed by atoms with Gasteiger partial charge in [0.15, 0.2) is 0 Å². The molecule has 0 radical (unpaired) electrons. The predicted octanol–water partition coefficient (Wildman–Crippen LogP) is 3.12. The summed E-state index contributed by atoms with van der Waals surface area (Å²) in [6.07, 6.45) is 3.08. The van der Waals surface area contributed by atoms with Crippen LogP contribution < -0.4 is 10.2 Å². The first-order valence-corrected chi connectivity index (χ1v) is 8.98.